The van der Waals surface area contributed by atoms with Gasteiger partial charge in [0.05, 0.1) is 5.69 Å². The number of nitrogens with one attached hydrogen (secondary N) is 2. The second kappa shape index (κ2) is 10.1. The number of hydrogen-bond acceptors (Lipinski definition) is 6. The molecule has 2 amide bonds. The van der Waals surface area contributed by atoms with Gasteiger partial charge in [-0.15, -0.1) is 5.10 Å². The highest BCUT2D eigenvalue weighted by molar-refractivity contribution is 5.95. The standard InChI is InChI=1S/C32H31N7O3/c1-18-29(19(2)36-35-18)21-12-15-28-33-31(37-38(28)16-21)34-30(40)20(3)39(22-13-14-22)32(41)42-17-27-25-10-6-4-8-23(25)24-9-5-7-11-26(24)27/h4-12,15-16,20,22,27H,13-14,17H2,1-3H3,(H,35,36)(H,34,37,40)/t20-/m0/s1. The molecule has 1 atom stereocenters. The smallest absolute Gasteiger partial charge is 0.410 e. The average Bonchev–Trinajstić information content (AvgIpc) is 3.53. The fourth-order valence-corrected chi connectivity index (χ4v) is 6.05. The summed E-state index contributed by atoms with van der Waals surface area (Å²) in [6.07, 6.45) is 3.05. The lowest BCUT2D eigenvalue weighted by molar-refractivity contribution is -0.120. The number of hydrogen-bond donors (Lipinski definition) is 2. The molecule has 0 saturated heterocycles. The van der Waals surface area contributed by atoms with E-state index in [1.165, 1.54) is 11.1 Å². The number of aromatic amines is 1. The third-order valence-electron chi connectivity index (χ3n) is 8.27. The third kappa shape index (κ3) is 4.49. The van der Waals surface area contributed by atoms with Gasteiger partial charge in [0.15, 0.2) is 5.65 Å². The first-order chi connectivity index (χ1) is 20.4. The van der Waals surface area contributed by atoms with Crippen molar-refractivity contribution in [3.05, 3.63) is 89.4 Å². The van der Waals surface area contributed by atoms with Crippen LogP contribution in [-0.2, 0) is 9.53 Å². The van der Waals surface area contributed by atoms with E-state index in [2.05, 4.69) is 49.9 Å². The maximum absolute atomic E-state index is 13.4. The van der Waals surface area contributed by atoms with Gasteiger partial charge in [0, 0.05) is 35.0 Å². The first-order valence-corrected chi connectivity index (χ1v) is 14.2. The van der Waals surface area contributed by atoms with Gasteiger partial charge in [0.2, 0.25) is 11.9 Å². The second-order valence-electron chi connectivity index (χ2n) is 11.1. The summed E-state index contributed by atoms with van der Waals surface area (Å²) in [6, 6.07) is 19.5. The maximum Gasteiger partial charge on any atom is 0.410 e. The van der Waals surface area contributed by atoms with Crippen molar-refractivity contribution in [3.63, 3.8) is 0 Å². The van der Waals surface area contributed by atoms with Gasteiger partial charge in [-0.25, -0.2) is 9.31 Å². The molecule has 3 aromatic heterocycles. The molecule has 1 saturated carbocycles. The van der Waals surface area contributed by atoms with Gasteiger partial charge >= 0.3 is 6.09 Å². The van der Waals surface area contributed by atoms with Crippen LogP contribution in [0, 0.1) is 13.8 Å². The molecule has 3 heterocycles. The summed E-state index contributed by atoms with van der Waals surface area (Å²) in [5, 5.41) is 14.5. The Kier molecular flexibility index (Phi) is 6.26. The number of pyridine rings is 1. The topological polar surface area (TPSA) is 118 Å². The fourth-order valence-electron chi connectivity index (χ4n) is 6.05. The van der Waals surface area contributed by atoms with E-state index in [-0.39, 0.29) is 30.4 Å². The van der Waals surface area contributed by atoms with Crippen molar-refractivity contribution in [1.29, 1.82) is 0 Å². The number of nitrogens with zero attached hydrogens (tertiary/aromatic N) is 5. The minimum absolute atomic E-state index is 0.0283. The molecule has 2 N–H and O–H groups in total. The molecule has 2 aromatic carbocycles. The van der Waals surface area contributed by atoms with Crippen LogP contribution in [-0.4, -0.2) is 60.4 Å². The Morgan fingerprint density at radius 3 is 2.38 bits per heavy atom. The van der Waals surface area contributed by atoms with Gasteiger partial charge in [-0.3, -0.25) is 20.1 Å². The highest BCUT2D eigenvalue weighted by Crippen LogP contribution is 2.44. The summed E-state index contributed by atoms with van der Waals surface area (Å²) in [7, 11) is 0. The number of fused-ring (bicyclic) bond motifs is 4. The number of aromatic nitrogens is 5. The Morgan fingerprint density at radius 1 is 1.05 bits per heavy atom. The van der Waals surface area contributed by atoms with Crippen molar-refractivity contribution in [2.45, 2.75) is 51.6 Å². The summed E-state index contributed by atoms with van der Waals surface area (Å²) < 4.78 is 7.54. The van der Waals surface area contributed by atoms with Crippen LogP contribution in [0.3, 0.4) is 0 Å². The van der Waals surface area contributed by atoms with Crippen LogP contribution in [0.5, 0.6) is 0 Å². The molecule has 0 unspecified atom stereocenters. The molecule has 212 valence electrons. The first-order valence-electron chi connectivity index (χ1n) is 14.2. The summed E-state index contributed by atoms with van der Waals surface area (Å²) in [5.74, 6) is -0.241. The first kappa shape index (κ1) is 25.9. The molecule has 0 bridgehead atoms. The Hall–Kier alpha value is -4.99. The lowest BCUT2D eigenvalue weighted by Gasteiger charge is -2.28. The minimum atomic E-state index is -0.758. The number of anilines is 1. The number of carbonyl (C=O) groups excluding carboxylic acids is 2. The molecular formula is C32H31N7O3. The summed E-state index contributed by atoms with van der Waals surface area (Å²) in [4.78, 5) is 32.8. The molecule has 42 heavy (non-hydrogen) atoms. The normalized spacial score (nSPS) is 14.8. The van der Waals surface area contributed by atoms with Crippen molar-refractivity contribution in [2.24, 2.45) is 0 Å². The van der Waals surface area contributed by atoms with Gasteiger partial charge in [-0.2, -0.15) is 10.1 Å². The van der Waals surface area contributed by atoms with Crippen LogP contribution >= 0.6 is 0 Å². The zero-order chi connectivity index (χ0) is 29.0. The van der Waals surface area contributed by atoms with Crippen LogP contribution in [0.4, 0.5) is 10.7 Å². The van der Waals surface area contributed by atoms with Gasteiger partial charge in [-0.1, -0.05) is 48.5 Å². The van der Waals surface area contributed by atoms with E-state index < -0.39 is 12.1 Å². The van der Waals surface area contributed by atoms with Gasteiger partial charge in [0.25, 0.3) is 0 Å². The predicted octanol–water partition coefficient (Wildman–Crippen LogP) is 5.48. The van der Waals surface area contributed by atoms with E-state index in [1.807, 2.05) is 56.4 Å². The molecule has 2 aliphatic rings. The monoisotopic (exact) mass is 561 g/mol. The molecule has 5 aromatic rings. The number of ether oxygens (including phenoxy) is 1. The van der Waals surface area contributed by atoms with Crippen molar-refractivity contribution in [1.82, 2.24) is 29.7 Å². The molecule has 10 nitrogen and oxygen atoms in total. The van der Waals surface area contributed by atoms with E-state index in [0.29, 0.717) is 5.65 Å². The van der Waals surface area contributed by atoms with E-state index >= 15 is 0 Å². The highest BCUT2D eigenvalue weighted by Gasteiger charge is 2.40. The number of rotatable bonds is 7. The van der Waals surface area contributed by atoms with E-state index in [9.17, 15) is 9.59 Å². The van der Waals surface area contributed by atoms with Gasteiger partial charge < -0.3 is 4.74 Å². The van der Waals surface area contributed by atoms with Crippen LogP contribution < -0.4 is 5.32 Å². The van der Waals surface area contributed by atoms with Crippen molar-refractivity contribution >= 4 is 23.6 Å². The zero-order valence-corrected chi connectivity index (χ0v) is 23.7. The molecule has 1 fully saturated rings. The Labute approximate surface area is 242 Å². The van der Waals surface area contributed by atoms with Crippen molar-refractivity contribution in [3.8, 4) is 22.3 Å². The zero-order valence-electron chi connectivity index (χ0n) is 23.7. The summed E-state index contributed by atoms with van der Waals surface area (Å²) >= 11 is 0. The summed E-state index contributed by atoms with van der Waals surface area (Å²) in [5.41, 5.74) is 9.03. The molecule has 2 aliphatic carbocycles. The number of aryl methyl sites for hydroxylation is 2. The van der Waals surface area contributed by atoms with Crippen molar-refractivity contribution < 1.29 is 14.3 Å². The maximum atomic E-state index is 13.4. The largest absolute Gasteiger partial charge is 0.448 e. The number of H-pyrrole nitrogens is 1. The molecule has 7 rings (SSSR count). The number of benzene rings is 2. The predicted molar refractivity (Wildman–Crippen MR) is 158 cm³/mol. The number of amides is 2. The molecular weight excluding hydrogens is 530 g/mol. The van der Waals surface area contributed by atoms with Crippen LogP contribution in [0.1, 0.15) is 48.2 Å². The minimum Gasteiger partial charge on any atom is -0.448 e. The van der Waals surface area contributed by atoms with Crippen LogP contribution in [0.15, 0.2) is 66.9 Å². The quantitative estimate of drug-likeness (QED) is 0.272. The molecule has 0 radical (unpaired) electrons. The second-order valence-corrected chi connectivity index (χ2v) is 11.1. The molecule has 0 spiro atoms. The average molecular weight is 562 g/mol. The van der Waals surface area contributed by atoms with Gasteiger partial charge in [0.1, 0.15) is 12.6 Å². The molecule has 10 heteroatoms. The SMILES string of the molecule is Cc1n[nH]c(C)c1-c1ccc2nc(NC(=O)[C@H](C)N(C(=O)OCC3c4ccccc4-c4ccccc43)C3CC3)nn2c1. The lowest BCUT2D eigenvalue weighted by Crippen LogP contribution is -2.47. The van der Waals surface area contributed by atoms with Crippen molar-refractivity contribution in [2.75, 3.05) is 11.9 Å². The fraction of sp³-hybridized carbons (Fsp3) is 0.281. The Balaban J connectivity index is 1.05. The number of carbonyl (C=O) groups is 2. The molecule has 0 aliphatic heterocycles. The van der Waals surface area contributed by atoms with E-state index in [1.54, 1.807) is 16.3 Å². The Morgan fingerprint density at radius 2 is 1.74 bits per heavy atom. The lowest BCUT2D eigenvalue weighted by atomic mass is 9.98. The van der Waals surface area contributed by atoms with Crippen LogP contribution in [0.25, 0.3) is 27.9 Å². The highest BCUT2D eigenvalue weighted by atomic mass is 16.6. The van der Waals surface area contributed by atoms with E-state index in [0.717, 1.165) is 46.5 Å². The van der Waals surface area contributed by atoms with Crippen LogP contribution in [0.2, 0.25) is 0 Å². The Bertz CT molecular complexity index is 1770. The van der Waals surface area contributed by atoms with E-state index in [4.69, 9.17) is 4.74 Å². The third-order valence-corrected chi connectivity index (χ3v) is 8.27. The van der Waals surface area contributed by atoms with Gasteiger partial charge in [-0.05, 0) is 68.0 Å². The summed E-state index contributed by atoms with van der Waals surface area (Å²) in [6.45, 7) is 5.83.